The molecule has 0 bridgehead atoms. The van der Waals surface area contributed by atoms with Gasteiger partial charge in [-0.1, -0.05) is 38.1 Å². The predicted octanol–water partition coefficient (Wildman–Crippen LogP) is 4.67. The minimum absolute atomic E-state index is 0.334. The Morgan fingerprint density at radius 1 is 1.20 bits per heavy atom. The van der Waals surface area contributed by atoms with Crippen molar-refractivity contribution in [1.82, 2.24) is 5.32 Å². The number of hydrogen-bond donors (Lipinski definition) is 1. The van der Waals surface area contributed by atoms with E-state index in [0.29, 0.717) is 16.2 Å². The highest BCUT2D eigenvalue weighted by atomic mass is 32.2. The Kier molecular flexibility index (Phi) is 3.89. The Bertz CT molecular complexity index is 474. The van der Waals surface area contributed by atoms with Crippen LogP contribution in [0, 0.1) is 0 Å². The zero-order chi connectivity index (χ0) is 14.2. The first-order valence-electron chi connectivity index (χ1n) is 7.97. The van der Waals surface area contributed by atoms with Crippen LogP contribution < -0.4 is 5.32 Å². The average Bonchev–Trinajstić information content (AvgIpc) is 2.86. The normalized spacial score (nSPS) is 32.0. The second-order valence-corrected chi connectivity index (χ2v) is 9.03. The van der Waals surface area contributed by atoms with Crippen LogP contribution in [-0.4, -0.2) is 17.0 Å². The molecule has 3 rings (SSSR count). The maximum Gasteiger partial charge on any atom is 0.0324 e. The summed E-state index contributed by atoms with van der Waals surface area (Å²) < 4.78 is 0.460. The summed E-state index contributed by atoms with van der Waals surface area (Å²) >= 11 is 2.15. The van der Waals surface area contributed by atoms with E-state index in [-0.39, 0.29) is 0 Å². The van der Waals surface area contributed by atoms with E-state index in [9.17, 15) is 0 Å². The monoisotopic (exact) mass is 289 g/mol. The number of rotatable bonds is 3. The van der Waals surface area contributed by atoms with Crippen LogP contribution in [0.1, 0.15) is 63.6 Å². The zero-order valence-corrected chi connectivity index (χ0v) is 13.9. The predicted molar refractivity (Wildman–Crippen MR) is 89.5 cm³/mol. The van der Waals surface area contributed by atoms with Gasteiger partial charge in [0.05, 0.1) is 0 Å². The minimum atomic E-state index is 0.334. The summed E-state index contributed by atoms with van der Waals surface area (Å²) in [5.41, 5.74) is 3.42. The van der Waals surface area contributed by atoms with Crippen molar-refractivity contribution in [2.45, 2.75) is 62.7 Å². The summed E-state index contributed by atoms with van der Waals surface area (Å²) in [6, 6.07) is 9.60. The lowest BCUT2D eigenvalue weighted by atomic mass is 9.71. The van der Waals surface area contributed by atoms with E-state index >= 15 is 0 Å². The van der Waals surface area contributed by atoms with Gasteiger partial charge in [-0.15, -0.1) is 0 Å². The van der Waals surface area contributed by atoms with Gasteiger partial charge in [0.1, 0.15) is 0 Å². The van der Waals surface area contributed by atoms with E-state index in [0.717, 1.165) is 6.54 Å². The lowest BCUT2D eigenvalue weighted by molar-refractivity contribution is 0.349. The molecule has 20 heavy (non-hydrogen) atoms. The largest absolute Gasteiger partial charge is 0.309 e. The summed E-state index contributed by atoms with van der Waals surface area (Å²) in [6.45, 7) is 8.35. The fraction of sp³-hybridized carbons (Fsp3) is 0.667. The van der Waals surface area contributed by atoms with Crippen molar-refractivity contribution in [1.29, 1.82) is 0 Å². The molecule has 1 aromatic rings. The van der Waals surface area contributed by atoms with Gasteiger partial charge in [0.25, 0.3) is 0 Å². The molecule has 110 valence electrons. The molecule has 0 radical (unpaired) electrons. The molecular weight excluding hydrogens is 262 g/mol. The summed E-state index contributed by atoms with van der Waals surface area (Å²) in [5, 5.41) is 3.88. The molecule has 1 aromatic carbocycles. The molecule has 0 amide bonds. The first kappa shape index (κ1) is 14.5. The fourth-order valence-corrected chi connectivity index (χ4v) is 5.00. The molecule has 2 heteroatoms. The summed E-state index contributed by atoms with van der Waals surface area (Å²) in [5.74, 6) is 1.34. The number of fused-ring (bicyclic) bond motifs is 1. The molecule has 1 aliphatic carbocycles. The topological polar surface area (TPSA) is 12.0 Å². The standard InChI is InChI=1S/C18H27NS/c1-17(2)11-9-16(14-7-4-5-8-15(14)17)19-13-18(3)10-6-12-20-18/h4-5,7-8,16,19H,6,9-13H2,1-3H3. The fourth-order valence-electron chi connectivity index (χ4n) is 3.74. The van der Waals surface area contributed by atoms with E-state index in [2.05, 4.69) is 62.1 Å². The molecule has 1 heterocycles. The van der Waals surface area contributed by atoms with Crippen LogP contribution in [0.3, 0.4) is 0 Å². The van der Waals surface area contributed by atoms with Gasteiger partial charge in [-0.05, 0) is 54.9 Å². The van der Waals surface area contributed by atoms with E-state index in [1.165, 1.54) is 37.0 Å². The van der Waals surface area contributed by atoms with Crippen LogP contribution in [0.25, 0.3) is 0 Å². The molecule has 1 N–H and O–H groups in total. The molecule has 1 nitrogen and oxygen atoms in total. The first-order valence-corrected chi connectivity index (χ1v) is 8.96. The van der Waals surface area contributed by atoms with E-state index in [1.54, 1.807) is 5.56 Å². The molecule has 1 fully saturated rings. The van der Waals surface area contributed by atoms with Gasteiger partial charge >= 0.3 is 0 Å². The summed E-state index contributed by atoms with van der Waals surface area (Å²) in [7, 11) is 0. The maximum atomic E-state index is 3.88. The van der Waals surface area contributed by atoms with Gasteiger partial charge in [-0.2, -0.15) is 11.8 Å². The van der Waals surface area contributed by atoms with Crippen molar-refractivity contribution in [2.75, 3.05) is 12.3 Å². The summed E-state index contributed by atoms with van der Waals surface area (Å²) in [6.07, 6.45) is 5.30. The Balaban J connectivity index is 1.75. The van der Waals surface area contributed by atoms with Gasteiger partial charge in [0, 0.05) is 17.3 Å². The van der Waals surface area contributed by atoms with E-state index in [1.807, 2.05) is 0 Å². The highest BCUT2D eigenvalue weighted by Crippen LogP contribution is 2.42. The van der Waals surface area contributed by atoms with Crippen LogP contribution >= 0.6 is 11.8 Å². The molecule has 0 spiro atoms. The van der Waals surface area contributed by atoms with Crippen LogP contribution in [0.15, 0.2) is 24.3 Å². The summed E-state index contributed by atoms with van der Waals surface area (Å²) in [4.78, 5) is 0. The Hall–Kier alpha value is -0.470. The van der Waals surface area contributed by atoms with E-state index in [4.69, 9.17) is 0 Å². The van der Waals surface area contributed by atoms with Crippen LogP contribution in [0.5, 0.6) is 0 Å². The van der Waals surface area contributed by atoms with Crippen molar-refractivity contribution in [2.24, 2.45) is 0 Å². The van der Waals surface area contributed by atoms with Gasteiger partial charge in [0.15, 0.2) is 0 Å². The molecule has 2 unspecified atom stereocenters. The number of nitrogens with one attached hydrogen (secondary N) is 1. The third-order valence-corrected chi connectivity index (χ3v) is 6.68. The molecule has 0 aromatic heterocycles. The molecule has 0 saturated carbocycles. The molecule has 2 aliphatic rings. The smallest absolute Gasteiger partial charge is 0.0324 e. The SMILES string of the molecule is CC1(CNC2CCC(C)(C)c3ccccc32)CCCS1. The van der Waals surface area contributed by atoms with Crippen molar-refractivity contribution in [3.63, 3.8) is 0 Å². The first-order chi connectivity index (χ1) is 9.50. The Labute approximate surface area is 127 Å². The highest BCUT2D eigenvalue weighted by molar-refractivity contribution is 8.00. The van der Waals surface area contributed by atoms with Crippen molar-refractivity contribution >= 4 is 11.8 Å². The van der Waals surface area contributed by atoms with Gasteiger partial charge in [-0.25, -0.2) is 0 Å². The minimum Gasteiger partial charge on any atom is -0.309 e. The van der Waals surface area contributed by atoms with Crippen molar-refractivity contribution in [3.8, 4) is 0 Å². The van der Waals surface area contributed by atoms with Gasteiger partial charge in [0.2, 0.25) is 0 Å². The third kappa shape index (κ3) is 2.78. The van der Waals surface area contributed by atoms with Gasteiger partial charge in [-0.3, -0.25) is 0 Å². The van der Waals surface area contributed by atoms with Crippen LogP contribution in [-0.2, 0) is 5.41 Å². The zero-order valence-electron chi connectivity index (χ0n) is 13.0. The second kappa shape index (κ2) is 5.38. The second-order valence-electron chi connectivity index (χ2n) is 7.35. The number of benzene rings is 1. The van der Waals surface area contributed by atoms with Crippen LogP contribution in [0.4, 0.5) is 0 Å². The van der Waals surface area contributed by atoms with Gasteiger partial charge < -0.3 is 5.32 Å². The average molecular weight is 289 g/mol. The highest BCUT2D eigenvalue weighted by Gasteiger charge is 2.34. The van der Waals surface area contributed by atoms with E-state index < -0.39 is 0 Å². The molecular formula is C18H27NS. The van der Waals surface area contributed by atoms with Crippen LogP contribution in [0.2, 0.25) is 0 Å². The quantitative estimate of drug-likeness (QED) is 0.867. The number of hydrogen-bond acceptors (Lipinski definition) is 2. The maximum absolute atomic E-state index is 3.88. The molecule has 2 atom stereocenters. The third-order valence-electron chi connectivity index (χ3n) is 5.15. The molecule has 1 saturated heterocycles. The van der Waals surface area contributed by atoms with Crippen molar-refractivity contribution in [3.05, 3.63) is 35.4 Å². The van der Waals surface area contributed by atoms with Crippen molar-refractivity contribution < 1.29 is 0 Å². The lowest BCUT2D eigenvalue weighted by Gasteiger charge is -2.38. The lowest BCUT2D eigenvalue weighted by Crippen LogP contribution is -2.38. The Morgan fingerprint density at radius 3 is 2.75 bits per heavy atom. The number of thioether (sulfide) groups is 1. The molecule has 1 aliphatic heterocycles. The Morgan fingerprint density at radius 2 is 2.00 bits per heavy atom.